The minimum absolute atomic E-state index is 0.0335. The third kappa shape index (κ3) is 3.29. The van der Waals surface area contributed by atoms with Gasteiger partial charge in [-0.3, -0.25) is 9.59 Å². The molecular formula is C15H19NO4. The summed E-state index contributed by atoms with van der Waals surface area (Å²) in [6.45, 7) is 1.00. The molecule has 1 heterocycles. The Balaban J connectivity index is 2.01. The number of aliphatic carboxylic acids is 1. The van der Waals surface area contributed by atoms with Gasteiger partial charge in [-0.15, -0.1) is 0 Å². The molecule has 5 heteroatoms. The molecular weight excluding hydrogens is 258 g/mol. The first kappa shape index (κ1) is 14.4. The number of hydrogen-bond acceptors (Lipinski definition) is 3. The quantitative estimate of drug-likeness (QED) is 0.892. The summed E-state index contributed by atoms with van der Waals surface area (Å²) in [6, 6.07) is 7.59. The van der Waals surface area contributed by atoms with E-state index in [1.54, 1.807) is 11.9 Å². The van der Waals surface area contributed by atoms with Crippen LogP contribution in [0.4, 0.5) is 0 Å². The molecule has 0 aliphatic carbocycles. The molecule has 0 saturated carbocycles. The highest BCUT2D eigenvalue weighted by molar-refractivity contribution is 5.84. The number of carbonyl (C=O) groups excluding carboxylic acids is 1. The summed E-state index contributed by atoms with van der Waals surface area (Å²) in [5.41, 5.74) is 0.925. The van der Waals surface area contributed by atoms with Crippen LogP contribution in [0.25, 0.3) is 0 Å². The Morgan fingerprint density at radius 2 is 2.15 bits per heavy atom. The van der Waals surface area contributed by atoms with Gasteiger partial charge in [0, 0.05) is 25.6 Å². The summed E-state index contributed by atoms with van der Waals surface area (Å²) < 4.78 is 5.55. The van der Waals surface area contributed by atoms with Gasteiger partial charge in [-0.2, -0.15) is 0 Å². The molecule has 0 bridgehead atoms. The van der Waals surface area contributed by atoms with Crippen molar-refractivity contribution >= 4 is 11.9 Å². The smallest absolute Gasteiger partial charge is 0.303 e. The Labute approximate surface area is 118 Å². The number of benzene rings is 1. The monoisotopic (exact) mass is 277 g/mol. The highest BCUT2D eigenvalue weighted by atomic mass is 16.5. The second-order valence-electron chi connectivity index (χ2n) is 4.98. The molecule has 108 valence electrons. The molecule has 2 rings (SSSR count). The molecule has 0 aromatic heterocycles. The van der Waals surface area contributed by atoms with Crippen molar-refractivity contribution in [1.82, 2.24) is 4.90 Å². The van der Waals surface area contributed by atoms with E-state index < -0.39 is 5.97 Å². The normalized spacial score (nSPS) is 16.9. The molecule has 1 aromatic rings. The van der Waals surface area contributed by atoms with Crippen LogP contribution >= 0.6 is 0 Å². The molecule has 0 spiro atoms. The van der Waals surface area contributed by atoms with E-state index in [-0.39, 0.29) is 18.2 Å². The highest BCUT2D eigenvalue weighted by Crippen LogP contribution is 2.34. The first-order chi connectivity index (χ1) is 9.59. The Hall–Kier alpha value is -2.04. The number of fused-ring (bicyclic) bond motifs is 1. The molecule has 5 nitrogen and oxygen atoms in total. The molecule has 0 fully saturated rings. The van der Waals surface area contributed by atoms with Crippen LogP contribution in [0, 0.1) is 0 Å². The summed E-state index contributed by atoms with van der Waals surface area (Å²) in [5.74, 6) is -0.209. The molecule has 1 unspecified atom stereocenters. The number of nitrogens with zero attached hydrogens (tertiary/aromatic N) is 1. The van der Waals surface area contributed by atoms with E-state index in [9.17, 15) is 9.59 Å². The third-order valence-corrected chi connectivity index (χ3v) is 3.52. The molecule has 1 aliphatic heterocycles. The number of carbonyl (C=O) groups is 2. The lowest BCUT2D eigenvalue weighted by molar-refractivity contribution is -0.138. The van der Waals surface area contributed by atoms with Crippen molar-refractivity contribution in [3.63, 3.8) is 0 Å². The largest absolute Gasteiger partial charge is 0.493 e. The Morgan fingerprint density at radius 1 is 1.40 bits per heavy atom. The van der Waals surface area contributed by atoms with Crippen LogP contribution in [-0.4, -0.2) is 42.1 Å². The van der Waals surface area contributed by atoms with Gasteiger partial charge in [0.2, 0.25) is 5.91 Å². The number of carboxylic acid groups (broad SMARTS) is 1. The lowest BCUT2D eigenvalue weighted by Gasteiger charge is -2.28. The first-order valence-corrected chi connectivity index (χ1v) is 6.78. The van der Waals surface area contributed by atoms with Gasteiger partial charge in [0.1, 0.15) is 5.75 Å². The zero-order valence-corrected chi connectivity index (χ0v) is 11.5. The predicted octanol–water partition coefficient (Wildman–Crippen LogP) is 1.88. The second kappa shape index (κ2) is 6.41. The van der Waals surface area contributed by atoms with Gasteiger partial charge >= 0.3 is 5.97 Å². The van der Waals surface area contributed by atoms with Crippen molar-refractivity contribution in [2.24, 2.45) is 0 Å². The maximum Gasteiger partial charge on any atom is 0.303 e. The van der Waals surface area contributed by atoms with E-state index in [2.05, 4.69) is 0 Å². The number of likely N-dealkylation sites (N-methyl/N-ethyl adjacent to an activating group) is 1. The van der Waals surface area contributed by atoms with Crippen LogP contribution in [0.5, 0.6) is 5.75 Å². The van der Waals surface area contributed by atoms with E-state index in [0.717, 1.165) is 11.3 Å². The first-order valence-electron chi connectivity index (χ1n) is 6.78. The van der Waals surface area contributed by atoms with Crippen molar-refractivity contribution in [2.75, 3.05) is 20.2 Å². The zero-order valence-electron chi connectivity index (χ0n) is 11.5. The number of ether oxygens (including phenoxy) is 1. The summed E-state index contributed by atoms with van der Waals surface area (Å²) in [7, 11) is 1.72. The number of rotatable bonds is 5. The maximum atomic E-state index is 12.5. The Bertz CT molecular complexity index is 500. The minimum atomic E-state index is -0.831. The summed E-state index contributed by atoms with van der Waals surface area (Å²) in [5, 5.41) is 8.62. The van der Waals surface area contributed by atoms with Gasteiger partial charge in [-0.1, -0.05) is 18.2 Å². The van der Waals surface area contributed by atoms with Gasteiger partial charge in [-0.05, 0) is 18.9 Å². The topological polar surface area (TPSA) is 66.8 Å². The average Bonchev–Trinajstić information content (AvgIpc) is 2.45. The molecule has 1 amide bonds. The molecule has 1 aromatic carbocycles. The van der Waals surface area contributed by atoms with Crippen molar-refractivity contribution in [1.29, 1.82) is 0 Å². The van der Waals surface area contributed by atoms with Crippen molar-refractivity contribution in [3.8, 4) is 5.75 Å². The SMILES string of the molecule is CN(CCCC(=O)O)C(=O)C1CCOc2ccccc21. The van der Waals surface area contributed by atoms with E-state index >= 15 is 0 Å². The average molecular weight is 277 g/mol. The lowest BCUT2D eigenvalue weighted by Crippen LogP contribution is -2.35. The number of amides is 1. The van der Waals surface area contributed by atoms with Crippen molar-refractivity contribution in [2.45, 2.75) is 25.2 Å². The summed E-state index contributed by atoms with van der Waals surface area (Å²) in [6.07, 6.45) is 1.23. The number of para-hydroxylation sites is 1. The summed E-state index contributed by atoms with van der Waals surface area (Å²) >= 11 is 0. The number of carboxylic acids is 1. The van der Waals surface area contributed by atoms with Gasteiger partial charge in [0.25, 0.3) is 0 Å². The standard InChI is InChI=1S/C15H19NO4/c1-16(9-4-7-14(17)18)15(19)12-8-10-20-13-6-3-2-5-11(12)13/h2-3,5-6,12H,4,7-10H2,1H3,(H,17,18). The highest BCUT2D eigenvalue weighted by Gasteiger charge is 2.29. The van der Waals surface area contributed by atoms with Gasteiger partial charge in [-0.25, -0.2) is 0 Å². The second-order valence-corrected chi connectivity index (χ2v) is 4.98. The zero-order chi connectivity index (χ0) is 14.5. The van der Waals surface area contributed by atoms with Crippen molar-refractivity contribution < 1.29 is 19.4 Å². The Morgan fingerprint density at radius 3 is 2.90 bits per heavy atom. The van der Waals surface area contributed by atoms with Gasteiger partial charge < -0.3 is 14.7 Å². The Kier molecular flexibility index (Phi) is 4.61. The van der Waals surface area contributed by atoms with Crippen LogP contribution in [0.15, 0.2) is 24.3 Å². The molecule has 1 N–H and O–H groups in total. The van der Waals surface area contributed by atoms with Crippen LogP contribution in [0.3, 0.4) is 0 Å². The lowest BCUT2D eigenvalue weighted by atomic mass is 9.92. The fraction of sp³-hybridized carbons (Fsp3) is 0.467. The summed E-state index contributed by atoms with van der Waals surface area (Å²) in [4.78, 5) is 24.6. The molecule has 20 heavy (non-hydrogen) atoms. The fourth-order valence-corrected chi connectivity index (χ4v) is 2.44. The van der Waals surface area contributed by atoms with Crippen LogP contribution < -0.4 is 4.74 Å². The maximum absolute atomic E-state index is 12.5. The minimum Gasteiger partial charge on any atom is -0.493 e. The molecule has 1 atom stereocenters. The van der Waals surface area contributed by atoms with Crippen LogP contribution in [0.1, 0.15) is 30.7 Å². The third-order valence-electron chi connectivity index (χ3n) is 3.52. The van der Waals surface area contributed by atoms with Crippen LogP contribution in [0.2, 0.25) is 0 Å². The predicted molar refractivity (Wildman–Crippen MR) is 73.8 cm³/mol. The molecule has 1 aliphatic rings. The number of hydrogen-bond donors (Lipinski definition) is 1. The molecule has 0 saturated heterocycles. The van der Waals surface area contributed by atoms with Gasteiger partial charge in [0.05, 0.1) is 12.5 Å². The van der Waals surface area contributed by atoms with E-state index in [1.807, 2.05) is 24.3 Å². The van der Waals surface area contributed by atoms with E-state index in [0.29, 0.717) is 26.0 Å². The van der Waals surface area contributed by atoms with E-state index in [4.69, 9.17) is 9.84 Å². The van der Waals surface area contributed by atoms with Gasteiger partial charge in [0.15, 0.2) is 0 Å². The van der Waals surface area contributed by atoms with Crippen molar-refractivity contribution in [3.05, 3.63) is 29.8 Å². The van der Waals surface area contributed by atoms with Crippen LogP contribution in [-0.2, 0) is 9.59 Å². The fourth-order valence-electron chi connectivity index (χ4n) is 2.44. The van der Waals surface area contributed by atoms with E-state index in [1.165, 1.54) is 0 Å². The molecule has 0 radical (unpaired) electrons.